The lowest BCUT2D eigenvalue weighted by Gasteiger charge is -2.23. The highest BCUT2D eigenvalue weighted by Crippen LogP contribution is 2.22. The average molecular weight is 256 g/mol. The summed E-state index contributed by atoms with van der Waals surface area (Å²) in [7, 11) is 2.01. The number of nitrogens with zero attached hydrogens (tertiary/aromatic N) is 2. The summed E-state index contributed by atoms with van der Waals surface area (Å²) in [5.74, 6) is -0.341. The minimum Gasteiger partial charge on any atom is -0.461 e. The van der Waals surface area contributed by atoms with Gasteiger partial charge in [-0.3, -0.25) is 0 Å². The van der Waals surface area contributed by atoms with E-state index < -0.39 is 0 Å². The molecule has 17 heavy (non-hydrogen) atoms. The standard InChI is InChI=1S/C12H20N2O2S/c1-5-7-9(3)14(4)12-13-10(8-17-12)11(15)16-6-2/h8-9H,5-7H2,1-4H3. The van der Waals surface area contributed by atoms with E-state index in [0.29, 0.717) is 18.3 Å². The van der Waals surface area contributed by atoms with Crippen molar-refractivity contribution in [2.45, 2.75) is 39.7 Å². The summed E-state index contributed by atoms with van der Waals surface area (Å²) < 4.78 is 4.92. The smallest absolute Gasteiger partial charge is 0.357 e. The van der Waals surface area contributed by atoms with E-state index >= 15 is 0 Å². The number of carbonyl (C=O) groups excluding carboxylic acids is 1. The van der Waals surface area contributed by atoms with Crippen LogP contribution in [0.5, 0.6) is 0 Å². The molecule has 1 heterocycles. The van der Waals surface area contributed by atoms with E-state index in [1.54, 1.807) is 12.3 Å². The van der Waals surface area contributed by atoms with Crippen LogP contribution in [-0.2, 0) is 4.74 Å². The summed E-state index contributed by atoms with van der Waals surface area (Å²) in [6, 6.07) is 0.432. The highest BCUT2D eigenvalue weighted by atomic mass is 32.1. The molecule has 5 heteroatoms. The zero-order chi connectivity index (χ0) is 12.8. The summed E-state index contributed by atoms with van der Waals surface area (Å²) in [6.07, 6.45) is 2.26. The van der Waals surface area contributed by atoms with Gasteiger partial charge in [-0.15, -0.1) is 11.3 Å². The van der Waals surface area contributed by atoms with Gasteiger partial charge in [0.25, 0.3) is 0 Å². The van der Waals surface area contributed by atoms with E-state index in [0.717, 1.165) is 18.0 Å². The van der Waals surface area contributed by atoms with Gasteiger partial charge in [-0.25, -0.2) is 9.78 Å². The van der Waals surface area contributed by atoms with E-state index in [2.05, 4.69) is 23.7 Å². The maximum atomic E-state index is 11.5. The SMILES string of the molecule is CCCC(C)N(C)c1nc(C(=O)OCC)cs1. The van der Waals surface area contributed by atoms with Crippen molar-refractivity contribution in [3.05, 3.63) is 11.1 Å². The average Bonchev–Trinajstić information content (AvgIpc) is 2.78. The van der Waals surface area contributed by atoms with Crippen molar-refractivity contribution in [2.75, 3.05) is 18.6 Å². The first-order valence-corrected chi connectivity index (χ1v) is 6.83. The Morgan fingerprint density at radius 1 is 1.59 bits per heavy atom. The Labute approximate surface area is 107 Å². The Morgan fingerprint density at radius 2 is 2.29 bits per heavy atom. The van der Waals surface area contributed by atoms with Crippen LogP contribution in [-0.4, -0.2) is 30.6 Å². The lowest BCUT2D eigenvalue weighted by atomic mass is 10.2. The largest absolute Gasteiger partial charge is 0.461 e. The molecule has 0 saturated heterocycles. The highest BCUT2D eigenvalue weighted by molar-refractivity contribution is 7.13. The Balaban J connectivity index is 2.70. The fraction of sp³-hybridized carbons (Fsp3) is 0.667. The molecule has 4 nitrogen and oxygen atoms in total. The van der Waals surface area contributed by atoms with Crippen LogP contribution in [0.3, 0.4) is 0 Å². The molecule has 0 amide bonds. The number of hydrogen-bond donors (Lipinski definition) is 0. The number of rotatable bonds is 6. The lowest BCUT2D eigenvalue weighted by Crippen LogP contribution is -2.28. The maximum absolute atomic E-state index is 11.5. The third-order valence-electron chi connectivity index (χ3n) is 2.65. The highest BCUT2D eigenvalue weighted by Gasteiger charge is 2.16. The Hall–Kier alpha value is -1.10. The predicted octanol–water partition coefficient (Wildman–Crippen LogP) is 2.94. The zero-order valence-corrected chi connectivity index (χ0v) is 11.7. The van der Waals surface area contributed by atoms with Gasteiger partial charge in [0.05, 0.1) is 6.61 Å². The Bertz CT molecular complexity index is 365. The summed E-state index contributed by atoms with van der Waals surface area (Å²) >= 11 is 1.48. The number of aromatic nitrogens is 1. The number of carbonyl (C=O) groups is 1. The van der Waals surface area contributed by atoms with Gasteiger partial charge in [0.1, 0.15) is 0 Å². The van der Waals surface area contributed by atoms with E-state index in [1.165, 1.54) is 11.3 Å². The number of hydrogen-bond acceptors (Lipinski definition) is 5. The third-order valence-corrected chi connectivity index (χ3v) is 3.58. The number of anilines is 1. The van der Waals surface area contributed by atoms with Crippen molar-refractivity contribution in [3.63, 3.8) is 0 Å². The normalized spacial score (nSPS) is 12.2. The first-order chi connectivity index (χ1) is 8.10. The molecule has 1 aromatic rings. The van der Waals surface area contributed by atoms with E-state index in [4.69, 9.17) is 4.74 Å². The fourth-order valence-electron chi connectivity index (χ4n) is 1.53. The summed E-state index contributed by atoms with van der Waals surface area (Å²) in [5, 5.41) is 2.62. The summed E-state index contributed by atoms with van der Waals surface area (Å²) in [5.41, 5.74) is 0.405. The van der Waals surface area contributed by atoms with Crippen LogP contribution in [0.15, 0.2) is 5.38 Å². The van der Waals surface area contributed by atoms with Gasteiger partial charge < -0.3 is 9.64 Å². The van der Waals surface area contributed by atoms with Gasteiger partial charge >= 0.3 is 5.97 Å². The quantitative estimate of drug-likeness (QED) is 0.734. The molecule has 0 N–H and O–H groups in total. The monoisotopic (exact) mass is 256 g/mol. The van der Waals surface area contributed by atoms with Gasteiger partial charge in [-0.1, -0.05) is 13.3 Å². The van der Waals surface area contributed by atoms with Crippen molar-refractivity contribution in [2.24, 2.45) is 0 Å². The number of ether oxygens (including phenoxy) is 1. The molecule has 0 spiro atoms. The summed E-state index contributed by atoms with van der Waals surface area (Å²) in [6.45, 7) is 6.50. The topological polar surface area (TPSA) is 42.4 Å². The minimum absolute atomic E-state index is 0.341. The van der Waals surface area contributed by atoms with E-state index in [9.17, 15) is 4.79 Å². The molecule has 0 radical (unpaired) electrons. The second-order valence-electron chi connectivity index (χ2n) is 3.98. The second-order valence-corrected chi connectivity index (χ2v) is 4.82. The van der Waals surface area contributed by atoms with Crippen molar-refractivity contribution in [1.29, 1.82) is 0 Å². The first kappa shape index (κ1) is 14.0. The van der Waals surface area contributed by atoms with Gasteiger partial charge in [0.2, 0.25) is 0 Å². The molecule has 0 aliphatic carbocycles. The van der Waals surface area contributed by atoms with Gasteiger partial charge in [0, 0.05) is 18.5 Å². The molecule has 96 valence electrons. The molecule has 0 bridgehead atoms. The first-order valence-electron chi connectivity index (χ1n) is 5.95. The molecular formula is C12H20N2O2S. The van der Waals surface area contributed by atoms with Crippen LogP contribution >= 0.6 is 11.3 Å². The van der Waals surface area contributed by atoms with Crippen LogP contribution in [0.2, 0.25) is 0 Å². The minimum atomic E-state index is -0.341. The number of esters is 1. The maximum Gasteiger partial charge on any atom is 0.357 e. The van der Waals surface area contributed by atoms with Crippen molar-refractivity contribution >= 4 is 22.4 Å². The zero-order valence-electron chi connectivity index (χ0n) is 10.9. The molecular weight excluding hydrogens is 236 g/mol. The molecule has 0 fully saturated rings. The fourth-order valence-corrected chi connectivity index (χ4v) is 2.39. The number of thiazole rings is 1. The predicted molar refractivity (Wildman–Crippen MR) is 70.8 cm³/mol. The molecule has 0 aliphatic rings. The molecule has 1 aromatic heterocycles. The van der Waals surface area contributed by atoms with Crippen LogP contribution in [0, 0.1) is 0 Å². The third kappa shape index (κ3) is 3.70. The Morgan fingerprint density at radius 3 is 2.88 bits per heavy atom. The molecule has 0 saturated carbocycles. The molecule has 1 unspecified atom stereocenters. The van der Waals surface area contributed by atoms with E-state index in [1.807, 2.05) is 7.05 Å². The van der Waals surface area contributed by atoms with Gasteiger partial charge in [0.15, 0.2) is 10.8 Å². The van der Waals surface area contributed by atoms with Crippen LogP contribution in [0.25, 0.3) is 0 Å². The lowest BCUT2D eigenvalue weighted by molar-refractivity contribution is 0.0520. The molecule has 1 atom stereocenters. The van der Waals surface area contributed by atoms with Crippen molar-refractivity contribution < 1.29 is 9.53 Å². The van der Waals surface area contributed by atoms with Crippen LogP contribution in [0.4, 0.5) is 5.13 Å². The molecule has 0 aromatic carbocycles. The summed E-state index contributed by atoms with van der Waals surface area (Å²) in [4.78, 5) is 17.9. The molecule has 1 rings (SSSR count). The van der Waals surface area contributed by atoms with E-state index in [-0.39, 0.29) is 5.97 Å². The Kier molecular flexibility index (Phi) is 5.41. The van der Waals surface area contributed by atoms with Crippen molar-refractivity contribution in [3.8, 4) is 0 Å². The van der Waals surface area contributed by atoms with Gasteiger partial charge in [-0.05, 0) is 20.3 Å². The second kappa shape index (κ2) is 6.59. The molecule has 0 aliphatic heterocycles. The van der Waals surface area contributed by atoms with Gasteiger partial charge in [-0.2, -0.15) is 0 Å². The van der Waals surface area contributed by atoms with Crippen LogP contribution in [0.1, 0.15) is 44.1 Å². The van der Waals surface area contributed by atoms with Crippen molar-refractivity contribution in [1.82, 2.24) is 4.98 Å². The van der Waals surface area contributed by atoms with Crippen LogP contribution < -0.4 is 4.90 Å².